The summed E-state index contributed by atoms with van der Waals surface area (Å²) in [5, 5.41) is 2.13. The lowest BCUT2D eigenvalue weighted by Gasteiger charge is -2.38. The first-order valence-corrected chi connectivity index (χ1v) is 8.00. The van der Waals surface area contributed by atoms with Gasteiger partial charge in [0.25, 0.3) is 0 Å². The lowest BCUT2D eigenvalue weighted by atomic mass is 10.0. The van der Waals surface area contributed by atoms with E-state index in [1.807, 2.05) is 17.8 Å². The van der Waals surface area contributed by atoms with Gasteiger partial charge in [0.05, 0.1) is 11.2 Å². The molecule has 20 heavy (non-hydrogen) atoms. The maximum absolute atomic E-state index is 4.47. The largest absolute Gasteiger partial charge is 0.355 e. The van der Waals surface area contributed by atoms with Crippen molar-refractivity contribution in [3.05, 3.63) is 41.0 Å². The summed E-state index contributed by atoms with van der Waals surface area (Å²) in [6.45, 7) is 3.10. The Hall–Kier alpha value is -1.46. The Morgan fingerprint density at radius 1 is 1.40 bits per heavy atom. The fourth-order valence-corrected chi connectivity index (χ4v) is 3.31. The highest BCUT2D eigenvalue weighted by Crippen LogP contribution is 2.21. The van der Waals surface area contributed by atoms with Gasteiger partial charge in [0.2, 0.25) is 0 Å². The predicted molar refractivity (Wildman–Crippen MR) is 83.1 cm³/mol. The molecule has 1 saturated heterocycles. The van der Waals surface area contributed by atoms with Crippen LogP contribution in [0.15, 0.2) is 35.3 Å². The van der Waals surface area contributed by atoms with Gasteiger partial charge in [-0.2, -0.15) is 0 Å². The minimum atomic E-state index is 0.576. The van der Waals surface area contributed by atoms with E-state index in [1.54, 1.807) is 11.3 Å². The van der Waals surface area contributed by atoms with E-state index in [1.165, 1.54) is 18.5 Å². The summed E-state index contributed by atoms with van der Waals surface area (Å²) in [5.74, 6) is 1.10. The zero-order valence-electron chi connectivity index (χ0n) is 11.8. The van der Waals surface area contributed by atoms with Crippen molar-refractivity contribution in [2.75, 3.05) is 25.0 Å². The highest BCUT2D eigenvalue weighted by atomic mass is 32.1. The molecule has 0 aromatic carbocycles. The summed E-state index contributed by atoms with van der Waals surface area (Å²) < 4.78 is 0. The van der Waals surface area contributed by atoms with Gasteiger partial charge < -0.3 is 4.90 Å². The SMILES string of the molecule is CN(Cc1cscn1)C1CCCN(c2ccccn2)C1. The molecule has 0 aliphatic carbocycles. The van der Waals surface area contributed by atoms with Crippen molar-refractivity contribution >= 4 is 17.2 Å². The Kier molecular flexibility index (Phi) is 4.28. The van der Waals surface area contributed by atoms with Crippen LogP contribution in [0, 0.1) is 0 Å². The quantitative estimate of drug-likeness (QED) is 0.866. The summed E-state index contributed by atoms with van der Waals surface area (Å²) in [4.78, 5) is 13.7. The molecule has 2 aromatic rings. The first-order valence-electron chi connectivity index (χ1n) is 7.06. The summed E-state index contributed by atoms with van der Waals surface area (Å²) in [5.41, 5.74) is 3.08. The van der Waals surface area contributed by atoms with E-state index < -0.39 is 0 Å². The van der Waals surface area contributed by atoms with E-state index in [-0.39, 0.29) is 0 Å². The molecule has 3 rings (SSSR count). The molecule has 0 radical (unpaired) electrons. The van der Waals surface area contributed by atoms with Crippen LogP contribution in [-0.2, 0) is 6.54 Å². The molecule has 5 heteroatoms. The number of aromatic nitrogens is 2. The molecule has 106 valence electrons. The highest BCUT2D eigenvalue weighted by molar-refractivity contribution is 7.07. The van der Waals surface area contributed by atoms with Crippen molar-refractivity contribution < 1.29 is 0 Å². The molecule has 1 aliphatic rings. The van der Waals surface area contributed by atoms with Crippen LogP contribution in [0.3, 0.4) is 0 Å². The third kappa shape index (κ3) is 3.16. The third-order valence-electron chi connectivity index (χ3n) is 3.89. The first-order chi connectivity index (χ1) is 9.83. The Morgan fingerprint density at radius 3 is 3.10 bits per heavy atom. The number of hydrogen-bond acceptors (Lipinski definition) is 5. The van der Waals surface area contributed by atoms with E-state index in [0.717, 1.165) is 25.5 Å². The summed E-state index contributed by atoms with van der Waals surface area (Å²) >= 11 is 1.67. The predicted octanol–water partition coefficient (Wildman–Crippen LogP) is 2.64. The number of piperidine rings is 1. The average molecular weight is 288 g/mol. The van der Waals surface area contributed by atoms with E-state index in [0.29, 0.717) is 6.04 Å². The average Bonchev–Trinajstić information content (AvgIpc) is 3.01. The lowest BCUT2D eigenvalue weighted by Crippen LogP contribution is -2.46. The number of thiazole rings is 1. The van der Waals surface area contributed by atoms with Crippen LogP contribution in [0.4, 0.5) is 5.82 Å². The van der Waals surface area contributed by atoms with E-state index >= 15 is 0 Å². The van der Waals surface area contributed by atoms with Gasteiger partial charge >= 0.3 is 0 Å². The molecule has 3 heterocycles. The molecule has 4 nitrogen and oxygen atoms in total. The second-order valence-corrected chi connectivity index (χ2v) is 6.04. The minimum Gasteiger partial charge on any atom is -0.355 e. The molecule has 1 aliphatic heterocycles. The number of nitrogens with zero attached hydrogens (tertiary/aromatic N) is 4. The van der Waals surface area contributed by atoms with Crippen LogP contribution < -0.4 is 4.90 Å². The molecule has 1 unspecified atom stereocenters. The van der Waals surface area contributed by atoms with Crippen LogP contribution in [0.1, 0.15) is 18.5 Å². The molecule has 1 atom stereocenters. The highest BCUT2D eigenvalue weighted by Gasteiger charge is 2.24. The zero-order chi connectivity index (χ0) is 13.8. The van der Waals surface area contributed by atoms with E-state index in [9.17, 15) is 0 Å². The standard InChI is InChI=1S/C15H20N4S/c1-18(9-13-11-20-12-17-13)14-5-4-8-19(10-14)15-6-2-3-7-16-15/h2-3,6-7,11-12,14H,4-5,8-10H2,1H3. The van der Waals surface area contributed by atoms with Gasteiger partial charge in [-0.15, -0.1) is 11.3 Å². The second kappa shape index (κ2) is 6.33. The van der Waals surface area contributed by atoms with Gasteiger partial charge in [-0.05, 0) is 32.0 Å². The number of likely N-dealkylation sites (N-methyl/N-ethyl adjacent to an activating group) is 1. The normalized spacial score (nSPS) is 19.5. The molecule has 0 bridgehead atoms. The molecule has 0 N–H and O–H groups in total. The summed E-state index contributed by atoms with van der Waals surface area (Å²) in [6.07, 6.45) is 4.35. The van der Waals surface area contributed by atoms with Gasteiger partial charge in [-0.3, -0.25) is 4.90 Å². The van der Waals surface area contributed by atoms with Crippen molar-refractivity contribution in [1.82, 2.24) is 14.9 Å². The number of pyridine rings is 1. The lowest BCUT2D eigenvalue weighted by molar-refractivity contribution is 0.205. The van der Waals surface area contributed by atoms with Crippen LogP contribution >= 0.6 is 11.3 Å². The monoisotopic (exact) mass is 288 g/mol. The number of anilines is 1. The second-order valence-electron chi connectivity index (χ2n) is 5.32. The van der Waals surface area contributed by atoms with Crippen molar-refractivity contribution in [2.45, 2.75) is 25.4 Å². The molecule has 0 spiro atoms. The van der Waals surface area contributed by atoms with E-state index in [2.05, 4.69) is 44.3 Å². The Balaban J connectivity index is 1.63. The summed E-state index contributed by atoms with van der Waals surface area (Å²) in [7, 11) is 2.20. The molecule has 0 saturated carbocycles. The van der Waals surface area contributed by atoms with Gasteiger partial charge in [0.1, 0.15) is 5.82 Å². The fourth-order valence-electron chi connectivity index (χ4n) is 2.76. The molecular formula is C15H20N4S. The molecule has 2 aromatic heterocycles. The summed E-state index contributed by atoms with van der Waals surface area (Å²) in [6, 6.07) is 6.71. The molecule has 0 amide bonds. The Labute approximate surface area is 124 Å². The smallest absolute Gasteiger partial charge is 0.128 e. The topological polar surface area (TPSA) is 32.3 Å². The van der Waals surface area contributed by atoms with Gasteiger partial charge in [0, 0.05) is 37.3 Å². The molecule has 1 fully saturated rings. The van der Waals surface area contributed by atoms with Crippen molar-refractivity contribution in [2.24, 2.45) is 0 Å². The first kappa shape index (κ1) is 13.5. The van der Waals surface area contributed by atoms with Crippen LogP contribution in [0.2, 0.25) is 0 Å². The van der Waals surface area contributed by atoms with Gasteiger partial charge in [-0.1, -0.05) is 6.07 Å². The van der Waals surface area contributed by atoms with Gasteiger partial charge in [0.15, 0.2) is 0 Å². The van der Waals surface area contributed by atoms with E-state index in [4.69, 9.17) is 0 Å². The van der Waals surface area contributed by atoms with Gasteiger partial charge in [-0.25, -0.2) is 9.97 Å². The van der Waals surface area contributed by atoms with Crippen molar-refractivity contribution in [3.63, 3.8) is 0 Å². The van der Waals surface area contributed by atoms with Crippen LogP contribution in [0.5, 0.6) is 0 Å². The number of hydrogen-bond donors (Lipinski definition) is 0. The maximum Gasteiger partial charge on any atom is 0.128 e. The zero-order valence-corrected chi connectivity index (χ0v) is 12.6. The third-order valence-corrected chi connectivity index (χ3v) is 4.52. The van der Waals surface area contributed by atoms with Crippen molar-refractivity contribution in [1.29, 1.82) is 0 Å². The maximum atomic E-state index is 4.47. The Bertz CT molecular complexity index is 514. The fraction of sp³-hybridized carbons (Fsp3) is 0.467. The minimum absolute atomic E-state index is 0.576. The van der Waals surface area contributed by atoms with Crippen LogP contribution in [-0.4, -0.2) is 41.0 Å². The Morgan fingerprint density at radius 2 is 2.35 bits per heavy atom. The molecular weight excluding hydrogens is 268 g/mol. The number of rotatable bonds is 4. The van der Waals surface area contributed by atoms with Crippen molar-refractivity contribution in [3.8, 4) is 0 Å². The van der Waals surface area contributed by atoms with Crippen LogP contribution in [0.25, 0.3) is 0 Å².